The minimum absolute atomic E-state index is 0.0813. The summed E-state index contributed by atoms with van der Waals surface area (Å²) in [5.74, 6) is -1.26. The Kier molecular flexibility index (Phi) is 5.11. The van der Waals surface area contributed by atoms with Gasteiger partial charge in [0, 0.05) is 7.05 Å². The van der Waals surface area contributed by atoms with E-state index in [0.717, 1.165) is 0 Å². The second-order valence-corrected chi connectivity index (χ2v) is 3.51. The molecule has 6 nitrogen and oxygen atoms in total. The Balaban J connectivity index is 2.77. The number of hydrogen-bond donors (Lipinski definition) is 2. The fraction of sp³-hybridized carbons (Fsp3) is 0.154. The van der Waals surface area contributed by atoms with Gasteiger partial charge in [-0.25, -0.2) is 4.79 Å². The number of carbonyl (C=O) groups excluding carboxylic acids is 2. The number of phenols is 1. The van der Waals surface area contributed by atoms with Crippen molar-refractivity contribution in [3.05, 3.63) is 35.4 Å². The van der Waals surface area contributed by atoms with Crippen LogP contribution < -0.4 is 5.32 Å². The summed E-state index contributed by atoms with van der Waals surface area (Å²) in [6.45, 7) is -0.441. The van der Waals surface area contributed by atoms with Crippen LogP contribution >= 0.6 is 0 Å². The van der Waals surface area contributed by atoms with Gasteiger partial charge in [-0.2, -0.15) is 5.26 Å². The zero-order valence-corrected chi connectivity index (χ0v) is 10.2. The number of nitrogens with zero attached hydrogens (tertiary/aromatic N) is 1. The molecule has 0 aromatic heterocycles. The quantitative estimate of drug-likeness (QED) is 0.469. The van der Waals surface area contributed by atoms with Crippen molar-refractivity contribution < 1.29 is 19.4 Å². The van der Waals surface area contributed by atoms with E-state index in [9.17, 15) is 9.59 Å². The number of carbonyl (C=O) groups is 2. The molecule has 1 aromatic rings. The third kappa shape index (κ3) is 4.52. The lowest BCUT2D eigenvalue weighted by Gasteiger charge is -2.02. The second-order valence-electron chi connectivity index (χ2n) is 3.51. The molecular weight excluding hydrogens is 248 g/mol. The molecule has 0 fully saturated rings. The fourth-order valence-corrected chi connectivity index (χ4v) is 1.16. The van der Waals surface area contributed by atoms with Crippen molar-refractivity contribution >= 4 is 18.0 Å². The molecule has 0 atom stereocenters. The number of rotatable bonds is 4. The molecule has 0 unspecified atom stereocenters. The predicted molar refractivity (Wildman–Crippen MR) is 66.7 cm³/mol. The smallest absolute Gasteiger partial charge is 0.349 e. The number of amides is 1. The zero-order chi connectivity index (χ0) is 14.3. The molecular formula is C13H12N2O4. The highest BCUT2D eigenvalue weighted by atomic mass is 16.5. The van der Waals surface area contributed by atoms with Crippen LogP contribution in [0.3, 0.4) is 0 Å². The van der Waals surface area contributed by atoms with E-state index in [1.165, 1.54) is 25.3 Å². The van der Waals surface area contributed by atoms with Gasteiger partial charge >= 0.3 is 5.97 Å². The summed E-state index contributed by atoms with van der Waals surface area (Å²) < 4.78 is 4.65. The first kappa shape index (κ1) is 14.3. The minimum atomic E-state index is -0.876. The van der Waals surface area contributed by atoms with Crippen LogP contribution in [-0.2, 0) is 14.3 Å². The third-order valence-corrected chi connectivity index (χ3v) is 2.16. The summed E-state index contributed by atoms with van der Waals surface area (Å²) in [5, 5.41) is 20.3. The number of esters is 1. The lowest BCUT2D eigenvalue weighted by atomic mass is 10.1. The van der Waals surface area contributed by atoms with E-state index in [0.29, 0.717) is 5.56 Å². The molecule has 2 N–H and O–H groups in total. The maximum Gasteiger partial charge on any atom is 0.349 e. The van der Waals surface area contributed by atoms with Gasteiger partial charge in [0.25, 0.3) is 5.91 Å². The Bertz CT molecular complexity index is 541. The maximum atomic E-state index is 11.5. The highest BCUT2D eigenvalue weighted by Gasteiger charge is 2.12. The van der Waals surface area contributed by atoms with Crippen molar-refractivity contribution in [3.8, 4) is 11.8 Å². The average molecular weight is 260 g/mol. The number of benzene rings is 1. The van der Waals surface area contributed by atoms with Crippen molar-refractivity contribution in [2.75, 3.05) is 13.7 Å². The Hall–Kier alpha value is -2.81. The lowest BCUT2D eigenvalue weighted by Crippen LogP contribution is -2.25. The number of hydrogen-bond acceptors (Lipinski definition) is 5. The number of nitriles is 1. The van der Waals surface area contributed by atoms with Gasteiger partial charge in [-0.3, -0.25) is 4.79 Å². The minimum Gasteiger partial charge on any atom is -0.508 e. The van der Waals surface area contributed by atoms with Crippen LogP contribution in [0.4, 0.5) is 0 Å². The van der Waals surface area contributed by atoms with E-state index in [1.807, 2.05) is 0 Å². The summed E-state index contributed by atoms with van der Waals surface area (Å²) in [5.41, 5.74) is 0.334. The van der Waals surface area contributed by atoms with Crippen LogP contribution in [0.15, 0.2) is 29.8 Å². The molecule has 0 aliphatic rings. The summed E-state index contributed by atoms with van der Waals surface area (Å²) in [6, 6.07) is 7.63. The van der Waals surface area contributed by atoms with Gasteiger partial charge in [-0.15, -0.1) is 0 Å². The van der Waals surface area contributed by atoms with Gasteiger partial charge in [0.15, 0.2) is 6.61 Å². The largest absolute Gasteiger partial charge is 0.508 e. The molecule has 0 aliphatic heterocycles. The number of nitrogens with one attached hydrogen (secondary N) is 1. The van der Waals surface area contributed by atoms with Gasteiger partial charge < -0.3 is 15.2 Å². The Morgan fingerprint density at radius 3 is 2.58 bits per heavy atom. The molecule has 1 rings (SSSR count). The maximum absolute atomic E-state index is 11.5. The lowest BCUT2D eigenvalue weighted by molar-refractivity contribution is -0.144. The highest BCUT2D eigenvalue weighted by molar-refractivity contribution is 5.98. The number of likely N-dealkylation sites (N-methyl/N-ethyl adjacent to an activating group) is 1. The first-order chi connectivity index (χ1) is 9.06. The normalized spacial score (nSPS) is 10.4. The Morgan fingerprint density at radius 1 is 1.42 bits per heavy atom. The predicted octanol–water partition coefficient (Wildman–Crippen LogP) is 0.588. The van der Waals surface area contributed by atoms with Crippen molar-refractivity contribution in [2.24, 2.45) is 0 Å². The SMILES string of the molecule is CNC(=O)COC(=O)C(C#N)=Cc1ccc(O)cc1. The highest BCUT2D eigenvalue weighted by Crippen LogP contribution is 2.13. The molecule has 0 spiro atoms. The molecule has 0 heterocycles. The van der Waals surface area contributed by atoms with Crippen LogP contribution in [0.5, 0.6) is 5.75 Å². The molecule has 0 bridgehead atoms. The van der Waals surface area contributed by atoms with Gasteiger partial charge in [0.2, 0.25) is 0 Å². The van der Waals surface area contributed by atoms with Crippen LogP contribution in [0.25, 0.3) is 6.08 Å². The third-order valence-electron chi connectivity index (χ3n) is 2.16. The average Bonchev–Trinajstić information content (AvgIpc) is 2.43. The standard InChI is InChI=1S/C13H12N2O4/c1-15-12(17)8-19-13(18)10(7-14)6-9-2-4-11(16)5-3-9/h2-6,16H,8H2,1H3,(H,15,17). The van der Waals surface area contributed by atoms with Crippen LogP contribution in [-0.4, -0.2) is 30.6 Å². The van der Waals surface area contributed by atoms with Gasteiger partial charge in [0.1, 0.15) is 17.4 Å². The van der Waals surface area contributed by atoms with E-state index in [1.54, 1.807) is 18.2 Å². The van der Waals surface area contributed by atoms with E-state index < -0.39 is 18.5 Å². The molecule has 1 aromatic carbocycles. The van der Waals surface area contributed by atoms with Crippen LogP contribution in [0.1, 0.15) is 5.56 Å². The molecule has 6 heteroatoms. The van der Waals surface area contributed by atoms with Crippen LogP contribution in [0, 0.1) is 11.3 Å². The van der Waals surface area contributed by atoms with Gasteiger partial charge in [0.05, 0.1) is 0 Å². The summed E-state index contributed by atoms with van der Waals surface area (Å²) in [6.07, 6.45) is 1.31. The molecule has 0 saturated heterocycles. The molecule has 0 saturated carbocycles. The van der Waals surface area contributed by atoms with E-state index in [4.69, 9.17) is 10.4 Å². The Labute approximate surface area is 109 Å². The summed E-state index contributed by atoms with van der Waals surface area (Å²) in [4.78, 5) is 22.4. The summed E-state index contributed by atoms with van der Waals surface area (Å²) >= 11 is 0. The zero-order valence-electron chi connectivity index (χ0n) is 10.2. The van der Waals surface area contributed by atoms with Crippen molar-refractivity contribution in [1.82, 2.24) is 5.32 Å². The molecule has 1 amide bonds. The van der Waals surface area contributed by atoms with E-state index in [2.05, 4.69) is 10.1 Å². The monoisotopic (exact) mass is 260 g/mol. The number of phenolic OH excluding ortho intramolecular Hbond substituents is 1. The van der Waals surface area contributed by atoms with Crippen molar-refractivity contribution in [3.63, 3.8) is 0 Å². The second kappa shape index (κ2) is 6.81. The Morgan fingerprint density at radius 2 is 2.05 bits per heavy atom. The fourth-order valence-electron chi connectivity index (χ4n) is 1.16. The van der Waals surface area contributed by atoms with Crippen molar-refractivity contribution in [2.45, 2.75) is 0 Å². The number of aromatic hydroxyl groups is 1. The topological polar surface area (TPSA) is 99.4 Å². The molecule has 98 valence electrons. The molecule has 0 aliphatic carbocycles. The van der Waals surface area contributed by atoms with E-state index >= 15 is 0 Å². The van der Waals surface area contributed by atoms with Gasteiger partial charge in [-0.05, 0) is 23.8 Å². The first-order valence-electron chi connectivity index (χ1n) is 5.35. The van der Waals surface area contributed by atoms with Crippen LogP contribution in [0.2, 0.25) is 0 Å². The molecule has 19 heavy (non-hydrogen) atoms. The first-order valence-corrected chi connectivity index (χ1v) is 5.35. The molecule has 0 radical (unpaired) electrons. The van der Waals surface area contributed by atoms with E-state index in [-0.39, 0.29) is 11.3 Å². The number of ether oxygens (including phenoxy) is 1. The summed E-state index contributed by atoms with van der Waals surface area (Å²) in [7, 11) is 1.41. The van der Waals surface area contributed by atoms with Crippen molar-refractivity contribution in [1.29, 1.82) is 5.26 Å². The van der Waals surface area contributed by atoms with Gasteiger partial charge in [-0.1, -0.05) is 12.1 Å².